The topological polar surface area (TPSA) is 46.7 Å². The maximum absolute atomic E-state index is 12.3. The van der Waals surface area contributed by atoms with Crippen molar-refractivity contribution in [2.45, 2.75) is 65.1 Å². The number of carbonyl (C=O) groups is 2. The summed E-state index contributed by atoms with van der Waals surface area (Å²) in [6, 6.07) is 0. The van der Waals surface area contributed by atoms with Gasteiger partial charge in [0.15, 0.2) is 0 Å². The SMILES string of the molecule is CC(C)[C@@H]1CC(=O)[C@@H](C)CC[C@@H]2O[C@@]2(C)CC1=O. The third kappa shape index (κ3) is 2.66. The fraction of sp³-hybridized carbons (Fsp3) is 0.867. The van der Waals surface area contributed by atoms with Crippen LogP contribution in [-0.4, -0.2) is 23.3 Å². The Morgan fingerprint density at radius 1 is 1.22 bits per heavy atom. The van der Waals surface area contributed by atoms with Gasteiger partial charge in [-0.3, -0.25) is 9.59 Å². The number of ether oxygens (including phenoxy) is 1. The van der Waals surface area contributed by atoms with E-state index in [1.807, 2.05) is 27.7 Å². The first-order valence-corrected chi connectivity index (χ1v) is 7.06. The molecule has 0 aromatic carbocycles. The molecule has 2 aliphatic rings. The second-order valence-electron chi connectivity index (χ2n) is 6.56. The Balaban J connectivity index is 2.16. The third-order valence-electron chi connectivity index (χ3n) is 4.61. The number of Topliss-reactive ketones (excluding diaryl/α,β-unsaturated/α-hetero) is 2. The fourth-order valence-electron chi connectivity index (χ4n) is 2.99. The van der Waals surface area contributed by atoms with Gasteiger partial charge in [0.25, 0.3) is 0 Å². The molecule has 0 aromatic heterocycles. The largest absolute Gasteiger partial charge is 0.366 e. The zero-order valence-electron chi connectivity index (χ0n) is 11.9. The van der Waals surface area contributed by atoms with Gasteiger partial charge in [-0.15, -0.1) is 0 Å². The molecule has 102 valence electrons. The van der Waals surface area contributed by atoms with Gasteiger partial charge in [0, 0.05) is 24.7 Å². The van der Waals surface area contributed by atoms with Crippen molar-refractivity contribution >= 4 is 11.6 Å². The van der Waals surface area contributed by atoms with E-state index in [2.05, 4.69) is 0 Å². The van der Waals surface area contributed by atoms with E-state index in [4.69, 9.17) is 4.74 Å². The molecule has 18 heavy (non-hydrogen) atoms. The Labute approximate surface area is 109 Å². The molecule has 1 saturated carbocycles. The highest BCUT2D eigenvalue weighted by atomic mass is 16.6. The van der Waals surface area contributed by atoms with Crippen molar-refractivity contribution in [3.8, 4) is 0 Å². The number of epoxide rings is 1. The molecule has 1 aliphatic carbocycles. The number of ketones is 2. The van der Waals surface area contributed by atoms with Crippen molar-refractivity contribution < 1.29 is 14.3 Å². The summed E-state index contributed by atoms with van der Waals surface area (Å²) < 4.78 is 5.69. The summed E-state index contributed by atoms with van der Waals surface area (Å²) in [5.74, 6) is 0.614. The molecule has 0 bridgehead atoms. The average Bonchev–Trinajstić information content (AvgIpc) is 2.91. The second kappa shape index (κ2) is 4.76. The van der Waals surface area contributed by atoms with Gasteiger partial charge in [0.05, 0.1) is 11.7 Å². The van der Waals surface area contributed by atoms with Crippen LogP contribution in [0.2, 0.25) is 0 Å². The quantitative estimate of drug-likeness (QED) is 0.674. The van der Waals surface area contributed by atoms with E-state index < -0.39 is 0 Å². The first-order valence-electron chi connectivity index (χ1n) is 7.06. The molecule has 1 heterocycles. The van der Waals surface area contributed by atoms with Gasteiger partial charge >= 0.3 is 0 Å². The van der Waals surface area contributed by atoms with Crippen LogP contribution >= 0.6 is 0 Å². The Morgan fingerprint density at radius 2 is 1.89 bits per heavy atom. The molecule has 0 radical (unpaired) electrons. The lowest BCUT2D eigenvalue weighted by molar-refractivity contribution is -0.131. The Hall–Kier alpha value is -0.700. The predicted octanol–water partition coefficient (Wildman–Crippen LogP) is 2.76. The zero-order chi connectivity index (χ0) is 13.5. The number of hydrogen-bond donors (Lipinski definition) is 0. The predicted molar refractivity (Wildman–Crippen MR) is 69.3 cm³/mol. The van der Waals surface area contributed by atoms with E-state index >= 15 is 0 Å². The van der Waals surface area contributed by atoms with E-state index in [1.165, 1.54) is 0 Å². The van der Waals surface area contributed by atoms with Crippen molar-refractivity contribution in [2.24, 2.45) is 17.8 Å². The average molecular weight is 252 g/mol. The van der Waals surface area contributed by atoms with Crippen LogP contribution in [0.5, 0.6) is 0 Å². The first-order chi connectivity index (χ1) is 8.33. The third-order valence-corrected chi connectivity index (χ3v) is 4.61. The van der Waals surface area contributed by atoms with E-state index in [0.717, 1.165) is 12.8 Å². The van der Waals surface area contributed by atoms with E-state index in [9.17, 15) is 9.59 Å². The Bertz CT molecular complexity index is 361. The molecular formula is C15H24O3. The van der Waals surface area contributed by atoms with Gasteiger partial charge in [0.1, 0.15) is 11.6 Å². The second-order valence-corrected chi connectivity index (χ2v) is 6.56. The molecule has 0 spiro atoms. The highest BCUT2D eigenvalue weighted by Gasteiger charge is 2.54. The lowest BCUT2D eigenvalue weighted by Gasteiger charge is -2.23. The summed E-state index contributed by atoms with van der Waals surface area (Å²) in [4.78, 5) is 24.4. The van der Waals surface area contributed by atoms with Crippen LogP contribution < -0.4 is 0 Å². The van der Waals surface area contributed by atoms with E-state index in [-0.39, 0.29) is 41.0 Å². The molecule has 3 nitrogen and oxygen atoms in total. The maximum atomic E-state index is 12.3. The van der Waals surface area contributed by atoms with Crippen LogP contribution in [0.1, 0.15) is 53.4 Å². The Kier molecular flexibility index (Phi) is 3.63. The van der Waals surface area contributed by atoms with Crippen molar-refractivity contribution in [3.05, 3.63) is 0 Å². The summed E-state index contributed by atoms with van der Waals surface area (Å²) in [6.45, 7) is 8.06. The summed E-state index contributed by atoms with van der Waals surface area (Å²) in [7, 11) is 0. The molecule has 2 fully saturated rings. The van der Waals surface area contributed by atoms with Gasteiger partial charge in [-0.05, 0) is 25.7 Å². The van der Waals surface area contributed by atoms with Crippen molar-refractivity contribution in [1.82, 2.24) is 0 Å². The monoisotopic (exact) mass is 252 g/mol. The minimum atomic E-state index is -0.246. The molecule has 0 aromatic rings. The standard InChI is InChI=1S/C15H24O3/c1-9(2)11-7-12(16)10(3)5-6-14-15(4,18-14)8-13(11)17/h9-11,14H,5-8H2,1-4H3/t10-,11-,14-,15-/m0/s1. The number of fused-ring (bicyclic) bond motifs is 1. The lowest BCUT2D eigenvalue weighted by atomic mass is 9.79. The highest BCUT2D eigenvalue weighted by molar-refractivity contribution is 5.89. The van der Waals surface area contributed by atoms with Crippen molar-refractivity contribution in [2.75, 3.05) is 0 Å². The summed E-state index contributed by atoms with van der Waals surface area (Å²) in [5, 5.41) is 0. The van der Waals surface area contributed by atoms with Gasteiger partial charge < -0.3 is 4.74 Å². The van der Waals surface area contributed by atoms with Crippen LogP contribution in [0.3, 0.4) is 0 Å². The summed E-state index contributed by atoms with van der Waals surface area (Å²) in [5.41, 5.74) is -0.246. The number of rotatable bonds is 1. The van der Waals surface area contributed by atoms with Crippen LogP contribution in [0.4, 0.5) is 0 Å². The van der Waals surface area contributed by atoms with Gasteiger partial charge in [0.2, 0.25) is 0 Å². The number of carbonyl (C=O) groups excluding carboxylic acids is 2. The molecule has 4 atom stereocenters. The fourth-order valence-corrected chi connectivity index (χ4v) is 2.99. The smallest absolute Gasteiger partial charge is 0.139 e. The van der Waals surface area contributed by atoms with Gasteiger partial charge in [-0.25, -0.2) is 0 Å². The van der Waals surface area contributed by atoms with Crippen molar-refractivity contribution in [1.29, 1.82) is 0 Å². The minimum absolute atomic E-state index is 0.0607. The Morgan fingerprint density at radius 3 is 2.50 bits per heavy atom. The zero-order valence-corrected chi connectivity index (χ0v) is 11.9. The van der Waals surface area contributed by atoms with Gasteiger partial charge in [-0.2, -0.15) is 0 Å². The summed E-state index contributed by atoms with van der Waals surface area (Å²) in [6.07, 6.45) is 2.87. The molecule has 1 saturated heterocycles. The van der Waals surface area contributed by atoms with Crippen LogP contribution in [-0.2, 0) is 14.3 Å². The van der Waals surface area contributed by atoms with E-state index in [0.29, 0.717) is 12.8 Å². The number of hydrogen-bond acceptors (Lipinski definition) is 3. The molecular weight excluding hydrogens is 228 g/mol. The first kappa shape index (κ1) is 13.7. The summed E-state index contributed by atoms with van der Waals surface area (Å²) >= 11 is 0. The van der Waals surface area contributed by atoms with Crippen molar-refractivity contribution in [3.63, 3.8) is 0 Å². The van der Waals surface area contributed by atoms with Crippen LogP contribution in [0.25, 0.3) is 0 Å². The molecule has 0 N–H and O–H groups in total. The molecule has 2 rings (SSSR count). The molecule has 0 amide bonds. The normalized spacial score (nSPS) is 41.7. The highest BCUT2D eigenvalue weighted by Crippen LogP contribution is 2.44. The van der Waals surface area contributed by atoms with Crippen LogP contribution in [0.15, 0.2) is 0 Å². The van der Waals surface area contributed by atoms with Gasteiger partial charge in [-0.1, -0.05) is 20.8 Å². The minimum Gasteiger partial charge on any atom is -0.366 e. The molecule has 1 aliphatic heterocycles. The van der Waals surface area contributed by atoms with E-state index in [1.54, 1.807) is 0 Å². The lowest BCUT2D eigenvalue weighted by Crippen LogP contribution is -2.31. The molecule has 0 unspecified atom stereocenters. The maximum Gasteiger partial charge on any atom is 0.139 e. The van der Waals surface area contributed by atoms with Crippen LogP contribution in [0, 0.1) is 17.8 Å². The molecule has 3 heteroatoms.